The molecule has 0 spiro atoms. The summed E-state index contributed by atoms with van der Waals surface area (Å²) < 4.78 is 5.11. The highest BCUT2D eigenvalue weighted by molar-refractivity contribution is 5.67. The fourth-order valence-electron chi connectivity index (χ4n) is 1.41. The molecular formula is C15H19N3O2. The third-order valence-electron chi connectivity index (χ3n) is 2.21. The number of pyridine rings is 1. The Bertz CT molecular complexity index is 525. The number of ether oxygens (including phenoxy) is 1. The van der Waals surface area contributed by atoms with Crippen molar-refractivity contribution in [2.75, 3.05) is 6.54 Å². The average Bonchev–Trinajstić information content (AvgIpc) is 2.36. The Morgan fingerprint density at radius 1 is 1.55 bits per heavy atom. The lowest BCUT2D eigenvalue weighted by Crippen LogP contribution is -2.32. The van der Waals surface area contributed by atoms with E-state index in [4.69, 9.17) is 10.00 Å². The first kappa shape index (κ1) is 15.7. The Kier molecular flexibility index (Phi) is 5.73. The Morgan fingerprint density at radius 3 is 2.95 bits per heavy atom. The van der Waals surface area contributed by atoms with Gasteiger partial charge in [-0.1, -0.05) is 6.08 Å². The number of nitriles is 1. The molecule has 0 unspecified atom stereocenters. The predicted octanol–water partition coefficient (Wildman–Crippen LogP) is 2.88. The fraction of sp³-hybridized carbons (Fsp3) is 0.400. The van der Waals surface area contributed by atoms with Crippen molar-refractivity contribution >= 4 is 12.2 Å². The van der Waals surface area contributed by atoms with Crippen molar-refractivity contribution in [3.63, 3.8) is 0 Å². The van der Waals surface area contributed by atoms with E-state index in [-0.39, 0.29) is 0 Å². The first-order chi connectivity index (χ1) is 9.42. The zero-order chi connectivity index (χ0) is 15.0. The van der Waals surface area contributed by atoms with Gasteiger partial charge in [0.25, 0.3) is 0 Å². The van der Waals surface area contributed by atoms with Gasteiger partial charge in [-0.05, 0) is 45.4 Å². The van der Waals surface area contributed by atoms with Crippen LogP contribution in [0.5, 0.6) is 0 Å². The van der Waals surface area contributed by atoms with Crippen LogP contribution < -0.4 is 5.32 Å². The number of amides is 1. The maximum absolute atomic E-state index is 11.4. The smallest absolute Gasteiger partial charge is 0.407 e. The fourth-order valence-corrected chi connectivity index (χ4v) is 1.41. The van der Waals surface area contributed by atoms with E-state index in [1.54, 1.807) is 24.4 Å². The van der Waals surface area contributed by atoms with E-state index in [9.17, 15) is 4.79 Å². The second-order valence-corrected chi connectivity index (χ2v) is 5.17. The molecular weight excluding hydrogens is 254 g/mol. The van der Waals surface area contributed by atoms with Gasteiger partial charge in [-0.15, -0.1) is 0 Å². The van der Waals surface area contributed by atoms with Crippen molar-refractivity contribution in [3.05, 3.63) is 35.7 Å². The predicted molar refractivity (Wildman–Crippen MR) is 76.8 cm³/mol. The summed E-state index contributed by atoms with van der Waals surface area (Å²) in [6.45, 7) is 5.92. The second-order valence-electron chi connectivity index (χ2n) is 5.17. The van der Waals surface area contributed by atoms with Crippen LogP contribution in [0.15, 0.2) is 24.4 Å². The summed E-state index contributed by atoms with van der Waals surface area (Å²) in [6.07, 6.45) is 5.48. The molecule has 1 aromatic rings. The molecule has 1 rings (SSSR count). The van der Waals surface area contributed by atoms with E-state index in [0.29, 0.717) is 24.2 Å². The van der Waals surface area contributed by atoms with Crippen LogP contribution in [0.2, 0.25) is 0 Å². The summed E-state index contributed by atoms with van der Waals surface area (Å²) in [5.74, 6) is 0. The molecule has 0 aliphatic heterocycles. The summed E-state index contributed by atoms with van der Waals surface area (Å²) in [6, 6.07) is 5.51. The maximum atomic E-state index is 11.4. The van der Waals surface area contributed by atoms with Gasteiger partial charge < -0.3 is 10.1 Å². The third kappa shape index (κ3) is 6.01. The largest absolute Gasteiger partial charge is 0.444 e. The lowest BCUT2D eigenvalue weighted by Gasteiger charge is -2.19. The minimum Gasteiger partial charge on any atom is -0.444 e. The van der Waals surface area contributed by atoms with Crippen LogP contribution in [0.1, 0.15) is 38.4 Å². The molecule has 106 valence electrons. The van der Waals surface area contributed by atoms with Gasteiger partial charge in [0.05, 0.1) is 11.3 Å². The maximum Gasteiger partial charge on any atom is 0.407 e. The summed E-state index contributed by atoms with van der Waals surface area (Å²) in [4.78, 5) is 15.5. The van der Waals surface area contributed by atoms with Crippen LogP contribution in [-0.2, 0) is 4.74 Å². The van der Waals surface area contributed by atoms with Gasteiger partial charge in [-0.2, -0.15) is 5.26 Å². The quantitative estimate of drug-likeness (QED) is 0.856. The monoisotopic (exact) mass is 273 g/mol. The lowest BCUT2D eigenvalue weighted by molar-refractivity contribution is 0.0529. The van der Waals surface area contributed by atoms with E-state index < -0.39 is 11.7 Å². The molecule has 0 saturated heterocycles. The average molecular weight is 273 g/mol. The molecule has 20 heavy (non-hydrogen) atoms. The van der Waals surface area contributed by atoms with Crippen molar-refractivity contribution < 1.29 is 9.53 Å². The van der Waals surface area contributed by atoms with Gasteiger partial charge in [0.15, 0.2) is 0 Å². The first-order valence-corrected chi connectivity index (χ1v) is 6.41. The summed E-state index contributed by atoms with van der Waals surface area (Å²) >= 11 is 0. The van der Waals surface area contributed by atoms with Crippen molar-refractivity contribution in [1.82, 2.24) is 10.3 Å². The highest BCUT2D eigenvalue weighted by atomic mass is 16.6. The normalized spacial score (nSPS) is 11.1. The lowest BCUT2D eigenvalue weighted by atomic mass is 10.2. The van der Waals surface area contributed by atoms with Gasteiger partial charge >= 0.3 is 6.09 Å². The van der Waals surface area contributed by atoms with Gasteiger partial charge in [0.1, 0.15) is 11.7 Å². The molecule has 0 aliphatic rings. The van der Waals surface area contributed by atoms with Gasteiger partial charge in [0.2, 0.25) is 0 Å². The highest BCUT2D eigenvalue weighted by Crippen LogP contribution is 2.07. The minimum atomic E-state index is -0.490. The summed E-state index contributed by atoms with van der Waals surface area (Å²) in [7, 11) is 0. The van der Waals surface area contributed by atoms with Crippen molar-refractivity contribution in [3.8, 4) is 6.07 Å². The Balaban J connectivity index is 2.36. The molecule has 0 atom stereocenters. The van der Waals surface area contributed by atoms with Crippen LogP contribution in [0.4, 0.5) is 4.79 Å². The van der Waals surface area contributed by atoms with E-state index in [0.717, 1.165) is 0 Å². The van der Waals surface area contributed by atoms with Gasteiger partial charge in [-0.3, -0.25) is 4.98 Å². The van der Waals surface area contributed by atoms with Crippen LogP contribution in [0.25, 0.3) is 6.08 Å². The van der Waals surface area contributed by atoms with E-state index in [1.807, 2.05) is 26.8 Å². The number of hydrogen-bond donors (Lipinski definition) is 1. The van der Waals surface area contributed by atoms with E-state index in [2.05, 4.69) is 16.4 Å². The number of carbonyl (C=O) groups is 1. The number of aromatic nitrogens is 1. The number of carbonyl (C=O) groups excluding carboxylic acids is 1. The van der Waals surface area contributed by atoms with E-state index in [1.165, 1.54) is 0 Å². The molecule has 0 aliphatic carbocycles. The number of nitrogens with one attached hydrogen (secondary N) is 1. The molecule has 0 aromatic carbocycles. The molecule has 5 nitrogen and oxygen atoms in total. The molecule has 5 heteroatoms. The zero-order valence-electron chi connectivity index (χ0n) is 12.0. The van der Waals surface area contributed by atoms with E-state index >= 15 is 0 Å². The topological polar surface area (TPSA) is 75.0 Å². The number of alkyl carbamates (subject to hydrolysis) is 1. The SMILES string of the molecule is CC(C)(C)OC(=O)NCCC=Cc1ncccc1C#N. The molecule has 1 amide bonds. The number of nitrogens with zero attached hydrogens (tertiary/aromatic N) is 2. The Labute approximate surface area is 119 Å². The molecule has 0 saturated carbocycles. The standard InChI is InChI=1S/C15H19N3O2/c1-15(2,3)20-14(19)18-9-5-4-8-13-12(11-16)7-6-10-17-13/h4,6-8,10H,5,9H2,1-3H3,(H,18,19). The third-order valence-corrected chi connectivity index (χ3v) is 2.21. The molecule has 1 aromatic heterocycles. The van der Waals surface area contributed by atoms with Gasteiger partial charge in [0, 0.05) is 12.7 Å². The van der Waals surface area contributed by atoms with Gasteiger partial charge in [-0.25, -0.2) is 4.79 Å². The van der Waals surface area contributed by atoms with Crippen molar-refractivity contribution in [2.24, 2.45) is 0 Å². The Morgan fingerprint density at radius 2 is 2.30 bits per heavy atom. The highest BCUT2D eigenvalue weighted by Gasteiger charge is 2.15. The molecule has 0 bridgehead atoms. The van der Waals surface area contributed by atoms with Crippen molar-refractivity contribution in [1.29, 1.82) is 5.26 Å². The van der Waals surface area contributed by atoms with Crippen molar-refractivity contribution in [2.45, 2.75) is 32.8 Å². The van der Waals surface area contributed by atoms with Crippen LogP contribution in [0, 0.1) is 11.3 Å². The minimum absolute atomic E-state index is 0.429. The van der Waals surface area contributed by atoms with Crippen LogP contribution in [0.3, 0.4) is 0 Å². The zero-order valence-corrected chi connectivity index (χ0v) is 12.0. The summed E-state index contributed by atoms with van der Waals surface area (Å²) in [5.41, 5.74) is 0.673. The molecule has 1 heterocycles. The van der Waals surface area contributed by atoms with Crippen LogP contribution >= 0.6 is 0 Å². The molecule has 0 radical (unpaired) electrons. The second kappa shape index (κ2) is 7.29. The first-order valence-electron chi connectivity index (χ1n) is 6.41. The summed E-state index contributed by atoms with van der Waals surface area (Å²) in [5, 5.41) is 11.6. The number of rotatable bonds is 4. The molecule has 0 fully saturated rings. The van der Waals surface area contributed by atoms with Crippen LogP contribution in [-0.4, -0.2) is 23.2 Å². The molecule has 1 N–H and O–H groups in total. The number of hydrogen-bond acceptors (Lipinski definition) is 4. The Hall–Kier alpha value is -2.35.